The smallest absolute Gasteiger partial charge is 0.413 e. The average molecular weight is 1060 g/mol. The summed E-state index contributed by atoms with van der Waals surface area (Å²) in [4.78, 5) is 153. The molecule has 0 fully saturated rings. The lowest BCUT2D eigenvalue weighted by Crippen LogP contribution is -2.59. The van der Waals surface area contributed by atoms with Gasteiger partial charge in [-0.3, -0.25) is 74.2 Å². The van der Waals surface area contributed by atoms with Crippen LogP contribution in [0.5, 0.6) is 0 Å². The van der Waals surface area contributed by atoms with Gasteiger partial charge in [-0.2, -0.15) is 11.8 Å². The SMILES string of the molecule is CCOC(=O)CC[C@H](NC(C)=O)C(=O)N[C@@H](CCC(=O)OCC)C(=O)N[C@@H](CCSC)C(=O)N[C@@H](CCC(N)=O)C(=O)N[C@@H](CCCNC(=N)NC(C)=O)C(=O)N[C@@H](CCCNC(=N)NC(=O)OCC)C(N)=O. The zero-order chi connectivity index (χ0) is 55.5. The van der Waals surface area contributed by atoms with Crippen LogP contribution in [0.2, 0.25) is 0 Å². The molecule has 0 aliphatic carbocycles. The van der Waals surface area contributed by atoms with Crippen molar-refractivity contribution < 1.29 is 71.7 Å². The fraction of sp³-hybridized carbons (Fsp3) is 0.674. The molecule has 0 aliphatic rings. The molecule has 0 saturated heterocycles. The van der Waals surface area contributed by atoms with Gasteiger partial charge < -0.3 is 68.2 Å². The Bertz CT molecular complexity index is 1930. The van der Waals surface area contributed by atoms with E-state index in [9.17, 15) is 57.5 Å². The molecule has 6 atom stereocenters. The Morgan fingerprint density at radius 3 is 1.23 bits per heavy atom. The number of primary amides is 2. The first-order valence-electron chi connectivity index (χ1n) is 23.5. The predicted molar refractivity (Wildman–Crippen MR) is 264 cm³/mol. The maximum atomic E-state index is 14.1. The second-order valence-corrected chi connectivity index (χ2v) is 16.8. The molecule has 0 aromatic heterocycles. The zero-order valence-corrected chi connectivity index (χ0v) is 43.0. The maximum Gasteiger partial charge on any atom is 0.413 e. The van der Waals surface area contributed by atoms with E-state index in [0.717, 1.165) is 6.92 Å². The molecule has 412 valence electrons. The summed E-state index contributed by atoms with van der Waals surface area (Å²) in [7, 11) is 0. The molecule has 30 heteroatoms. The summed E-state index contributed by atoms with van der Waals surface area (Å²) in [6.45, 7) is 7.21. The lowest BCUT2D eigenvalue weighted by atomic mass is 10.0. The van der Waals surface area contributed by atoms with E-state index in [-0.39, 0.29) is 102 Å². The van der Waals surface area contributed by atoms with Crippen LogP contribution in [0.25, 0.3) is 0 Å². The fourth-order valence-electron chi connectivity index (χ4n) is 6.32. The average Bonchev–Trinajstić information content (AvgIpc) is 3.30. The largest absolute Gasteiger partial charge is 0.466 e. The summed E-state index contributed by atoms with van der Waals surface area (Å²) in [5, 5.41) is 40.2. The van der Waals surface area contributed by atoms with E-state index >= 15 is 0 Å². The molecule has 0 aromatic rings. The second kappa shape index (κ2) is 37.5. The van der Waals surface area contributed by atoms with Gasteiger partial charge in [0.05, 0.1) is 19.8 Å². The van der Waals surface area contributed by atoms with E-state index in [4.69, 9.17) is 36.5 Å². The molecule has 0 rings (SSSR count). The van der Waals surface area contributed by atoms with E-state index in [1.807, 2.05) is 0 Å². The monoisotopic (exact) mass is 1060 g/mol. The highest BCUT2D eigenvalue weighted by Gasteiger charge is 2.34. The predicted octanol–water partition coefficient (Wildman–Crippen LogP) is -3.40. The van der Waals surface area contributed by atoms with Crippen molar-refractivity contribution in [3.8, 4) is 0 Å². The van der Waals surface area contributed by atoms with Crippen molar-refractivity contribution in [1.29, 1.82) is 10.8 Å². The molecule has 73 heavy (non-hydrogen) atoms. The fourth-order valence-corrected chi connectivity index (χ4v) is 6.79. The number of alkyl carbamates (subject to hydrolysis) is 1. The van der Waals surface area contributed by atoms with Gasteiger partial charge in [-0.25, -0.2) is 4.79 Å². The molecule has 0 aliphatic heterocycles. The number of nitrogens with two attached hydrogens (primary N) is 2. The number of rotatable bonds is 35. The van der Waals surface area contributed by atoms with Crippen molar-refractivity contribution in [2.24, 2.45) is 11.5 Å². The summed E-state index contributed by atoms with van der Waals surface area (Å²) in [5.41, 5.74) is 11.0. The van der Waals surface area contributed by atoms with Gasteiger partial charge in [-0.1, -0.05) is 0 Å². The van der Waals surface area contributed by atoms with Crippen LogP contribution in [0.4, 0.5) is 4.79 Å². The number of nitrogens with one attached hydrogen (secondary N) is 12. The number of amides is 10. The molecule has 0 aromatic carbocycles. The Kier molecular flexibility index (Phi) is 33.8. The standard InChI is InChI=1S/C43H74N14O15S/c1-7-70-33(61)18-15-28(50-24(4)58)37(65)55-30(16-19-34(62)71-8-2)39(67)56-31(20-23-73-6)40(68)54-29(14-17-32(44)60)38(66)53-27(13-11-22-48-41(46)51-25(5)59)36(64)52-26(35(45)63)12-10-21-49-42(47)57-43(69)72-9-3/h26-31H,7-23H2,1-6H3,(H2,44,60)(H2,45,63)(H,50,58)(H,52,64)(H,53,66)(H,54,68)(H,55,65)(H,56,67)(H3,46,48,51,59)(H3,47,49,57,69)/t26-,27-,28-,29-,30-,31-/m0/s1. The minimum atomic E-state index is -1.59. The Morgan fingerprint density at radius 1 is 0.479 bits per heavy atom. The van der Waals surface area contributed by atoms with Gasteiger partial charge in [0, 0.05) is 46.2 Å². The van der Waals surface area contributed by atoms with Gasteiger partial charge >= 0.3 is 18.0 Å². The number of carbonyl (C=O) groups excluding carboxylic acids is 12. The highest BCUT2D eigenvalue weighted by Crippen LogP contribution is 2.10. The topological polar surface area (TPSA) is 453 Å². The molecule has 0 bridgehead atoms. The molecular weight excluding hydrogens is 985 g/mol. The van der Waals surface area contributed by atoms with Crippen molar-refractivity contribution in [2.75, 3.05) is 44.9 Å². The quantitative estimate of drug-likeness (QED) is 0.00967. The summed E-state index contributed by atoms with van der Waals surface area (Å²) in [6.07, 6.45) is -1.35. The van der Waals surface area contributed by atoms with Crippen molar-refractivity contribution >= 4 is 94.9 Å². The minimum absolute atomic E-state index is 0.00312. The molecule has 0 spiro atoms. The van der Waals surface area contributed by atoms with Crippen molar-refractivity contribution in [3.63, 3.8) is 0 Å². The highest BCUT2D eigenvalue weighted by molar-refractivity contribution is 7.98. The van der Waals surface area contributed by atoms with E-state index in [0.29, 0.717) is 0 Å². The normalized spacial score (nSPS) is 13.0. The van der Waals surface area contributed by atoms with Crippen molar-refractivity contribution in [2.45, 2.75) is 141 Å². The maximum absolute atomic E-state index is 14.1. The van der Waals surface area contributed by atoms with Gasteiger partial charge in [0.15, 0.2) is 11.9 Å². The van der Waals surface area contributed by atoms with Gasteiger partial charge in [-0.15, -0.1) is 0 Å². The first kappa shape index (κ1) is 65.7. The van der Waals surface area contributed by atoms with Crippen LogP contribution in [0.15, 0.2) is 0 Å². The van der Waals surface area contributed by atoms with Gasteiger partial charge in [-0.05, 0) is 84.1 Å². The van der Waals surface area contributed by atoms with Crippen LogP contribution in [-0.2, 0) is 67.0 Å². The van der Waals surface area contributed by atoms with Crippen molar-refractivity contribution in [1.82, 2.24) is 53.2 Å². The van der Waals surface area contributed by atoms with Crippen LogP contribution >= 0.6 is 11.8 Å². The molecule has 0 unspecified atom stereocenters. The zero-order valence-electron chi connectivity index (χ0n) is 42.2. The molecule has 0 saturated carbocycles. The Labute approximate surface area is 427 Å². The van der Waals surface area contributed by atoms with Crippen LogP contribution in [0.1, 0.15) is 105 Å². The Balaban J connectivity index is 6.68. The lowest BCUT2D eigenvalue weighted by molar-refractivity contribution is -0.145. The third-order valence-electron chi connectivity index (χ3n) is 9.81. The second-order valence-electron chi connectivity index (χ2n) is 15.8. The summed E-state index contributed by atoms with van der Waals surface area (Å²) in [5.74, 6) is -9.60. The number of guanidine groups is 2. The van der Waals surface area contributed by atoms with Gasteiger partial charge in [0.2, 0.25) is 53.2 Å². The Hall–Kier alpha value is -7.27. The summed E-state index contributed by atoms with van der Waals surface area (Å²) >= 11 is 1.29. The molecule has 10 amide bonds. The van der Waals surface area contributed by atoms with E-state index < -0.39 is 126 Å². The van der Waals surface area contributed by atoms with Crippen LogP contribution in [0, 0.1) is 10.8 Å². The number of ether oxygens (including phenoxy) is 3. The summed E-state index contributed by atoms with van der Waals surface area (Å²) < 4.78 is 14.6. The molecule has 0 radical (unpaired) electrons. The third-order valence-corrected chi connectivity index (χ3v) is 10.5. The number of esters is 2. The van der Waals surface area contributed by atoms with Crippen LogP contribution in [-0.4, -0.2) is 164 Å². The first-order chi connectivity index (χ1) is 34.5. The third kappa shape index (κ3) is 30.9. The van der Waals surface area contributed by atoms with E-state index in [1.54, 1.807) is 27.0 Å². The summed E-state index contributed by atoms with van der Waals surface area (Å²) in [6, 6.07) is -8.65. The Morgan fingerprint density at radius 2 is 0.849 bits per heavy atom. The van der Waals surface area contributed by atoms with Crippen molar-refractivity contribution in [3.05, 3.63) is 0 Å². The first-order valence-corrected chi connectivity index (χ1v) is 24.9. The van der Waals surface area contributed by atoms with Crippen LogP contribution in [0.3, 0.4) is 0 Å². The number of hydrogen-bond donors (Lipinski definition) is 14. The minimum Gasteiger partial charge on any atom is -0.466 e. The van der Waals surface area contributed by atoms with Gasteiger partial charge in [0.25, 0.3) is 0 Å². The van der Waals surface area contributed by atoms with Gasteiger partial charge in [0.1, 0.15) is 36.3 Å². The van der Waals surface area contributed by atoms with E-state index in [1.165, 1.54) is 18.7 Å². The highest BCUT2D eigenvalue weighted by atomic mass is 32.2. The molecule has 29 nitrogen and oxygen atoms in total. The molecular formula is C43H74N14O15S. The van der Waals surface area contributed by atoms with Crippen LogP contribution < -0.4 is 64.6 Å². The number of thioether (sulfide) groups is 1. The number of hydrogen-bond acceptors (Lipinski definition) is 18. The van der Waals surface area contributed by atoms with E-state index in [2.05, 4.69) is 53.2 Å². The number of carbonyl (C=O) groups is 12. The lowest BCUT2D eigenvalue weighted by Gasteiger charge is -2.27. The molecule has 0 heterocycles. The molecule has 16 N–H and O–H groups in total.